The van der Waals surface area contributed by atoms with Gasteiger partial charge in [0, 0.05) is 6.54 Å². The van der Waals surface area contributed by atoms with Crippen molar-refractivity contribution in [1.29, 1.82) is 0 Å². The molecule has 0 aromatic rings. The number of rotatable bonds is 1. The fourth-order valence-corrected chi connectivity index (χ4v) is 0.857. The van der Waals surface area contributed by atoms with Gasteiger partial charge in [-0.3, -0.25) is 0 Å². The van der Waals surface area contributed by atoms with Crippen LogP contribution in [-0.4, -0.2) is 29.1 Å². The van der Waals surface area contributed by atoms with Crippen molar-refractivity contribution in [2.45, 2.75) is 18.6 Å². The molecule has 1 radical (unpaired) electrons. The second-order valence-electron chi connectivity index (χ2n) is 2.13. The lowest BCUT2D eigenvalue weighted by molar-refractivity contribution is -0.0296. The minimum atomic E-state index is -1.08. The van der Waals surface area contributed by atoms with Crippen LogP contribution in [0.5, 0.6) is 0 Å². The van der Waals surface area contributed by atoms with Gasteiger partial charge in [-0.05, 0) is 12.8 Å². The highest BCUT2D eigenvalue weighted by molar-refractivity contribution is 4.80. The van der Waals surface area contributed by atoms with Crippen LogP contribution in [0.1, 0.15) is 12.8 Å². The summed E-state index contributed by atoms with van der Waals surface area (Å²) in [5.41, 5.74) is -1.08. The van der Waals surface area contributed by atoms with E-state index in [1.165, 1.54) is 0 Å². The van der Waals surface area contributed by atoms with Crippen molar-refractivity contribution < 1.29 is 10.2 Å². The van der Waals surface area contributed by atoms with Crippen molar-refractivity contribution in [3.05, 3.63) is 0 Å². The molecule has 3 nitrogen and oxygen atoms in total. The van der Waals surface area contributed by atoms with E-state index in [1.54, 1.807) is 0 Å². The van der Waals surface area contributed by atoms with E-state index in [2.05, 4.69) is 5.32 Å². The van der Waals surface area contributed by atoms with Crippen LogP contribution in [0, 0.1) is 0 Å². The third-order valence-electron chi connectivity index (χ3n) is 1.39. The molecular weight excluding hydrogens is 106 g/mol. The van der Waals surface area contributed by atoms with Gasteiger partial charge in [-0.2, -0.15) is 0 Å². The highest BCUT2D eigenvalue weighted by Gasteiger charge is 2.30. The molecule has 47 valence electrons. The van der Waals surface area contributed by atoms with Gasteiger partial charge in [0.25, 0.3) is 0 Å². The third kappa shape index (κ3) is 0.992. The number of aliphatic hydroxyl groups excluding tert-OH is 1. The first-order chi connectivity index (χ1) is 3.77. The Morgan fingerprint density at radius 1 is 1.62 bits per heavy atom. The topological polar surface area (TPSA) is 54.6 Å². The normalized spacial score (nSPS) is 38.2. The second-order valence-corrected chi connectivity index (χ2v) is 2.13. The van der Waals surface area contributed by atoms with Crippen LogP contribution in [0.4, 0.5) is 0 Å². The Morgan fingerprint density at radius 2 is 2.38 bits per heavy atom. The largest absolute Gasteiger partial charge is 0.392 e. The molecule has 0 aromatic carbocycles. The Hall–Kier alpha value is -0.120. The maximum Gasteiger partial charge on any atom is 0.154 e. The van der Waals surface area contributed by atoms with Gasteiger partial charge in [-0.15, -0.1) is 0 Å². The molecule has 1 saturated heterocycles. The molecule has 1 fully saturated rings. The first-order valence-corrected chi connectivity index (χ1v) is 2.79. The zero-order valence-corrected chi connectivity index (χ0v) is 4.67. The minimum absolute atomic E-state index is 0.229. The minimum Gasteiger partial charge on any atom is -0.392 e. The molecule has 1 rings (SSSR count). The fourth-order valence-electron chi connectivity index (χ4n) is 0.857. The molecule has 1 aliphatic rings. The van der Waals surface area contributed by atoms with Gasteiger partial charge >= 0.3 is 0 Å². The molecule has 0 bridgehead atoms. The first-order valence-electron chi connectivity index (χ1n) is 2.79. The molecular formula is C5H10NO2. The molecule has 8 heavy (non-hydrogen) atoms. The fraction of sp³-hybridized carbons (Fsp3) is 1.00. The van der Waals surface area contributed by atoms with Crippen molar-refractivity contribution >= 4 is 0 Å². The van der Waals surface area contributed by atoms with Crippen LogP contribution in [-0.2, 0) is 0 Å². The molecule has 1 heterocycles. The number of nitrogens with zero attached hydrogens (tertiary/aromatic N) is 1. The molecule has 1 atom stereocenters. The Balaban J connectivity index is 2.40. The van der Waals surface area contributed by atoms with Crippen molar-refractivity contribution in [2.24, 2.45) is 0 Å². The van der Waals surface area contributed by atoms with E-state index in [4.69, 9.17) is 10.2 Å². The van der Waals surface area contributed by atoms with Crippen molar-refractivity contribution in [3.63, 3.8) is 0 Å². The van der Waals surface area contributed by atoms with Gasteiger partial charge in [-0.1, -0.05) is 0 Å². The van der Waals surface area contributed by atoms with Crippen LogP contribution < -0.4 is 5.32 Å². The van der Waals surface area contributed by atoms with Gasteiger partial charge in [-0.25, -0.2) is 5.32 Å². The maximum absolute atomic E-state index is 9.08. The van der Waals surface area contributed by atoms with Crippen LogP contribution in [0.25, 0.3) is 0 Å². The summed E-state index contributed by atoms with van der Waals surface area (Å²) in [6.45, 7) is 0.462. The molecule has 1 unspecified atom stereocenters. The van der Waals surface area contributed by atoms with Crippen LogP contribution in [0.3, 0.4) is 0 Å². The molecule has 1 aliphatic heterocycles. The second kappa shape index (κ2) is 2.01. The smallest absolute Gasteiger partial charge is 0.154 e. The van der Waals surface area contributed by atoms with E-state index in [1.807, 2.05) is 0 Å². The first kappa shape index (κ1) is 6.01. The van der Waals surface area contributed by atoms with Crippen molar-refractivity contribution in [1.82, 2.24) is 5.32 Å². The SMILES string of the molecule is OCC1(O)CCC[N]1. The average Bonchev–Trinajstić information content (AvgIpc) is 2.17. The molecule has 3 heteroatoms. The summed E-state index contributed by atoms with van der Waals surface area (Å²) in [7, 11) is 0. The lowest BCUT2D eigenvalue weighted by Gasteiger charge is -2.16. The number of hydrogen-bond acceptors (Lipinski definition) is 2. The quantitative estimate of drug-likeness (QED) is 0.465. The lowest BCUT2D eigenvalue weighted by Crippen LogP contribution is -2.37. The van der Waals surface area contributed by atoms with E-state index in [9.17, 15) is 0 Å². The zero-order valence-electron chi connectivity index (χ0n) is 4.67. The zero-order chi connectivity index (χ0) is 6.04. The highest BCUT2D eigenvalue weighted by Crippen LogP contribution is 2.15. The van der Waals surface area contributed by atoms with Crippen LogP contribution in [0.15, 0.2) is 0 Å². The molecule has 0 aliphatic carbocycles. The highest BCUT2D eigenvalue weighted by atomic mass is 16.3. The summed E-state index contributed by atoms with van der Waals surface area (Å²) in [6.07, 6.45) is 1.51. The molecule has 2 N–H and O–H groups in total. The van der Waals surface area contributed by atoms with E-state index in [0.717, 1.165) is 6.42 Å². The predicted octanol–water partition coefficient (Wildman–Crippen LogP) is -0.935. The summed E-state index contributed by atoms with van der Waals surface area (Å²) >= 11 is 0. The Labute approximate surface area is 48.3 Å². The summed E-state index contributed by atoms with van der Waals surface area (Å²) in [5.74, 6) is 0. The van der Waals surface area contributed by atoms with E-state index >= 15 is 0 Å². The number of hydrogen-bond donors (Lipinski definition) is 2. The van der Waals surface area contributed by atoms with Gasteiger partial charge in [0.1, 0.15) is 0 Å². The van der Waals surface area contributed by atoms with Crippen LogP contribution >= 0.6 is 0 Å². The van der Waals surface area contributed by atoms with Crippen molar-refractivity contribution in [2.75, 3.05) is 13.2 Å². The molecule has 0 spiro atoms. The maximum atomic E-state index is 9.08. The molecule has 0 amide bonds. The van der Waals surface area contributed by atoms with Crippen molar-refractivity contribution in [3.8, 4) is 0 Å². The predicted molar refractivity (Wildman–Crippen MR) is 28.3 cm³/mol. The molecule has 0 saturated carbocycles. The summed E-state index contributed by atoms with van der Waals surface area (Å²) in [5, 5.41) is 21.4. The standard InChI is InChI=1S/C5H10NO2/c7-4-5(8)2-1-3-6-5/h7-8H,1-4H2. The van der Waals surface area contributed by atoms with E-state index < -0.39 is 5.72 Å². The van der Waals surface area contributed by atoms with Gasteiger partial charge in [0.2, 0.25) is 0 Å². The van der Waals surface area contributed by atoms with Gasteiger partial charge in [0.15, 0.2) is 5.72 Å². The summed E-state index contributed by atoms with van der Waals surface area (Å²) in [4.78, 5) is 0. The van der Waals surface area contributed by atoms with E-state index in [0.29, 0.717) is 13.0 Å². The van der Waals surface area contributed by atoms with Gasteiger partial charge in [0.05, 0.1) is 6.61 Å². The third-order valence-corrected chi connectivity index (χ3v) is 1.39. The van der Waals surface area contributed by atoms with Gasteiger partial charge < -0.3 is 10.2 Å². The lowest BCUT2D eigenvalue weighted by atomic mass is 10.2. The summed E-state index contributed by atoms with van der Waals surface area (Å²) < 4.78 is 0. The Kier molecular flexibility index (Phi) is 1.51. The average molecular weight is 116 g/mol. The Morgan fingerprint density at radius 3 is 2.62 bits per heavy atom. The Bertz CT molecular complexity index is 78.5. The number of aliphatic hydroxyl groups is 2. The van der Waals surface area contributed by atoms with Crippen LogP contribution in [0.2, 0.25) is 0 Å². The summed E-state index contributed by atoms with van der Waals surface area (Å²) in [6, 6.07) is 0. The monoisotopic (exact) mass is 116 g/mol. The molecule has 0 aromatic heterocycles. The van der Waals surface area contributed by atoms with E-state index in [-0.39, 0.29) is 6.61 Å².